The summed E-state index contributed by atoms with van der Waals surface area (Å²) in [6.07, 6.45) is -0.0617. The van der Waals surface area contributed by atoms with Crippen molar-refractivity contribution < 1.29 is 19.7 Å². The predicted molar refractivity (Wildman–Crippen MR) is 126 cm³/mol. The number of halogens is 1. The standard InChI is InChI=1S/C22H24ClN5O4S/c1-14-25-26-19-13-24-20(16-4-2-3-5-18(16)23)17-12-15(33-21(17)28(14)19)6-11-32-22(31)27(7-9-29)8-10-30/h2-5,12,29-30H,6-11,13H2,1H3. The second kappa shape index (κ2) is 10.4. The summed E-state index contributed by atoms with van der Waals surface area (Å²) in [7, 11) is 0. The van der Waals surface area contributed by atoms with Gasteiger partial charge in [-0.3, -0.25) is 9.56 Å². The molecule has 0 fully saturated rings. The van der Waals surface area contributed by atoms with Gasteiger partial charge in [-0.25, -0.2) is 4.79 Å². The molecule has 0 aliphatic carbocycles. The van der Waals surface area contributed by atoms with Crippen molar-refractivity contribution in [2.75, 3.05) is 32.9 Å². The fourth-order valence-corrected chi connectivity index (χ4v) is 5.08. The van der Waals surface area contributed by atoms with Crippen LogP contribution >= 0.6 is 22.9 Å². The molecule has 0 saturated heterocycles. The Bertz CT molecular complexity index is 1170. The number of hydrogen-bond acceptors (Lipinski definition) is 8. The minimum absolute atomic E-state index is 0.111. The highest BCUT2D eigenvalue weighted by molar-refractivity contribution is 7.15. The van der Waals surface area contributed by atoms with Gasteiger partial charge in [0.25, 0.3) is 0 Å². The molecule has 1 aliphatic rings. The zero-order chi connectivity index (χ0) is 23.4. The summed E-state index contributed by atoms with van der Waals surface area (Å²) < 4.78 is 7.37. The van der Waals surface area contributed by atoms with Crippen LogP contribution in [0.15, 0.2) is 35.3 Å². The van der Waals surface area contributed by atoms with E-state index in [9.17, 15) is 4.79 Å². The summed E-state index contributed by atoms with van der Waals surface area (Å²) in [6, 6.07) is 9.64. The monoisotopic (exact) mass is 489 g/mol. The molecular formula is C22H24ClN5O4S. The van der Waals surface area contributed by atoms with Crippen LogP contribution in [-0.2, 0) is 17.7 Å². The van der Waals surface area contributed by atoms with Crippen molar-refractivity contribution in [3.63, 3.8) is 0 Å². The van der Waals surface area contributed by atoms with Gasteiger partial charge in [0.05, 0.1) is 25.5 Å². The number of aliphatic imine (C=N–C) groups is 1. The maximum atomic E-state index is 12.2. The Morgan fingerprint density at radius 1 is 1.21 bits per heavy atom. The number of aryl methyl sites for hydroxylation is 1. The third-order valence-electron chi connectivity index (χ3n) is 5.19. The number of aromatic nitrogens is 3. The topological polar surface area (TPSA) is 113 Å². The van der Waals surface area contributed by atoms with Crippen molar-refractivity contribution in [2.24, 2.45) is 4.99 Å². The number of amides is 1. The molecule has 0 atom stereocenters. The van der Waals surface area contributed by atoms with Gasteiger partial charge in [0.15, 0.2) is 5.82 Å². The fraction of sp³-hybridized carbons (Fsp3) is 0.364. The largest absolute Gasteiger partial charge is 0.449 e. The molecule has 2 aromatic heterocycles. The van der Waals surface area contributed by atoms with E-state index in [1.165, 1.54) is 4.90 Å². The Morgan fingerprint density at radius 2 is 1.97 bits per heavy atom. The first-order valence-corrected chi connectivity index (χ1v) is 11.7. The third kappa shape index (κ3) is 4.93. The van der Waals surface area contributed by atoms with E-state index in [1.54, 1.807) is 11.3 Å². The molecule has 0 bridgehead atoms. The zero-order valence-corrected chi connectivity index (χ0v) is 19.6. The first-order chi connectivity index (χ1) is 16.0. The zero-order valence-electron chi connectivity index (χ0n) is 18.1. The van der Waals surface area contributed by atoms with E-state index in [2.05, 4.69) is 10.2 Å². The van der Waals surface area contributed by atoms with Crippen LogP contribution in [0.1, 0.15) is 27.7 Å². The van der Waals surface area contributed by atoms with Crippen molar-refractivity contribution in [3.8, 4) is 5.00 Å². The molecule has 174 valence electrons. The molecule has 0 unspecified atom stereocenters. The van der Waals surface area contributed by atoms with Crippen LogP contribution in [0, 0.1) is 6.92 Å². The minimum Gasteiger partial charge on any atom is -0.449 e. The van der Waals surface area contributed by atoms with Gasteiger partial charge in [-0.05, 0) is 19.1 Å². The normalized spacial score (nSPS) is 12.5. The van der Waals surface area contributed by atoms with Gasteiger partial charge in [-0.2, -0.15) is 0 Å². The molecule has 1 aromatic carbocycles. The van der Waals surface area contributed by atoms with E-state index in [0.29, 0.717) is 18.0 Å². The highest BCUT2D eigenvalue weighted by Gasteiger charge is 2.25. The first-order valence-electron chi connectivity index (χ1n) is 10.5. The van der Waals surface area contributed by atoms with Crippen LogP contribution in [0.4, 0.5) is 4.79 Å². The number of ether oxygens (including phenoxy) is 1. The number of aliphatic hydroxyl groups excluding tert-OH is 2. The molecule has 4 rings (SSSR count). The lowest BCUT2D eigenvalue weighted by Gasteiger charge is -2.19. The van der Waals surface area contributed by atoms with Crippen molar-refractivity contribution >= 4 is 34.7 Å². The Hall–Kier alpha value is -2.79. The number of fused-ring (bicyclic) bond motifs is 3. The Balaban J connectivity index is 1.60. The SMILES string of the molecule is Cc1nnc2n1-c1sc(CCOC(=O)N(CCO)CCO)cc1C(c1ccccc1Cl)=NC2. The highest BCUT2D eigenvalue weighted by Crippen LogP contribution is 2.34. The molecule has 33 heavy (non-hydrogen) atoms. The quantitative estimate of drug-likeness (QED) is 0.503. The maximum Gasteiger partial charge on any atom is 0.409 e. The van der Waals surface area contributed by atoms with Crippen LogP contribution < -0.4 is 0 Å². The summed E-state index contributed by atoms with van der Waals surface area (Å²) in [6.45, 7) is 2.29. The lowest BCUT2D eigenvalue weighted by Crippen LogP contribution is -2.36. The molecule has 0 spiro atoms. The van der Waals surface area contributed by atoms with E-state index in [0.717, 1.165) is 38.4 Å². The second-order valence-electron chi connectivity index (χ2n) is 7.37. The van der Waals surface area contributed by atoms with Crippen LogP contribution in [0.25, 0.3) is 5.00 Å². The number of carbonyl (C=O) groups excluding carboxylic acids is 1. The van der Waals surface area contributed by atoms with Crippen molar-refractivity contribution in [2.45, 2.75) is 19.9 Å². The van der Waals surface area contributed by atoms with Crippen LogP contribution in [-0.4, -0.2) is 74.6 Å². The average Bonchev–Trinajstić information content (AvgIpc) is 3.34. The number of carbonyl (C=O) groups is 1. The number of rotatable bonds is 8. The molecule has 0 radical (unpaired) electrons. The third-order valence-corrected chi connectivity index (χ3v) is 6.70. The van der Waals surface area contributed by atoms with Gasteiger partial charge < -0.3 is 19.8 Å². The smallest absolute Gasteiger partial charge is 0.409 e. The van der Waals surface area contributed by atoms with E-state index < -0.39 is 6.09 Å². The number of aliphatic hydroxyl groups is 2. The molecule has 1 amide bonds. The molecule has 2 N–H and O–H groups in total. The van der Waals surface area contributed by atoms with Crippen molar-refractivity contribution in [3.05, 3.63) is 63.0 Å². The van der Waals surface area contributed by atoms with Crippen LogP contribution in [0.3, 0.4) is 0 Å². The summed E-state index contributed by atoms with van der Waals surface area (Å²) in [5.74, 6) is 1.52. The summed E-state index contributed by atoms with van der Waals surface area (Å²) in [4.78, 5) is 19.3. The minimum atomic E-state index is -0.563. The Labute approximate surface area is 199 Å². The summed E-state index contributed by atoms with van der Waals surface area (Å²) in [5, 5.41) is 28.2. The van der Waals surface area contributed by atoms with Gasteiger partial charge in [-0.1, -0.05) is 29.8 Å². The summed E-state index contributed by atoms with van der Waals surface area (Å²) in [5.41, 5.74) is 2.56. The molecule has 9 nitrogen and oxygen atoms in total. The molecule has 0 saturated carbocycles. The highest BCUT2D eigenvalue weighted by atomic mass is 35.5. The number of nitrogens with zero attached hydrogens (tertiary/aromatic N) is 5. The second-order valence-corrected chi connectivity index (χ2v) is 8.90. The molecule has 3 aromatic rings. The van der Waals surface area contributed by atoms with E-state index in [-0.39, 0.29) is 32.9 Å². The Morgan fingerprint density at radius 3 is 2.70 bits per heavy atom. The van der Waals surface area contributed by atoms with Gasteiger partial charge >= 0.3 is 6.09 Å². The average molecular weight is 490 g/mol. The summed E-state index contributed by atoms with van der Waals surface area (Å²) >= 11 is 8.06. The van der Waals surface area contributed by atoms with Crippen LogP contribution in [0.5, 0.6) is 0 Å². The molecular weight excluding hydrogens is 466 g/mol. The first kappa shape index (κ1) is 23.4. The Kier molecular flexibility index (Phi) is 7.39. The number of benzene rings is 1. The molecule has 3 heterocycles. The molecule has 1 aliphatic heterocycles. The number of hydrogen-bond donors (Lipinski definition) is 2. The van der Waals surface area contributed by atoms with Crippen LogP contribution in [0.2, 0.25) is 5.02 Å². The van der Waals surface area contributed by atoms with Gasteiger partial charge in [0, 0.05) is 40.5 Å². The predicted octanol–water partition coefficient (Wildman–Crippen LogP) is 2.61. The van der Waals surface area contributed by atoms with Gasteiger partial charge in [0.1, 0.15) is 17.4 Å². The van der Waals surface area contributed by atoms with Gasteiger partial charge in [0.2, 0.25) is 0 Å². The van der Waals surface area contributed by atoms with Crippen molar-refractivity contribution in [1.82, 2.24) is 19.7 Å². The lowest BCUT2D eigenvalue weighted by atomic mass is 10.0. The van der Waals surface area contributed by atoms with E-state index in [4.69, 9.17) is 31.5 Å². The van der Waals surface area contributed by atoms with E-state index in [1.807, 2.05) is 41.8 Å². The maximum absolute atomic E-state index is 12.2. The van der Waals surface area contributed by atoms with Gasteiger partial charge in [-0.15, -0.1) is 21.5 Å². The fourth-order valence-electron chi connectivity index (χ4n) is 3.65. The van der Waals surface area contributed by atoms with E-state index >= 15 is 0 Å². The van der Waals surface area contributed by atoms with Crippen molar-refractivity contribution in [1.29, 1.82) is 0 Å². The lowest BCUT2D eigenvalue weighted by molar-refractivity contribution is 0.0869. The number of thiophene rings is 1. The molecule has 11 heteroatoms.